The fourth-order valence-electron chi connectivity index (χ4n) is 6.20. The van der Waals surface area contributed by atoms with Gasteiger partial charge in [-0.15, -0.1) is 0 Å². The van der Waals surface area contributed by atoms with E-state index in [0.29, 0.717) is 25.7 Å². The lowest BCUT2D eigenvalue weighted by Crippen LogP contribution is -2.65. The van der Waals surface area contributed by atoms with Crippen molar-refractivity contribution in [3.05, 3.63) is 0 Å². The van der Waals surface area contributed by atoms with Gasteiger partial charge in [-0.2, -0.15) is 17.2 Å². The number of alkyl halides is 2. The molecule has 4 bridgehead atoms. The Morgan fingerprint density at radius 2 is 1.65 bits per heavy atom. The van der Waals surface area contributed by atoms with Crippen LogP contribution in [-0.4, -0.2) is 40.5 Å². The van der Waals surface area contributed by atoms with Crippen LogP contribution in [0.2, 0.25) is 0 Å². The molecule has 0 spiro atoms. The van der Waals surface area contributed by atoms with Crippen LogP contribution in [0.4, 0.5) is 8.78 Å². The maximum absolute atomic E-state index is 13.7. The molecule has 0 aromatic heterocycles. The van der Waals surface area contributed by atoms with Crippen molar-refractivity contribution in [2.75, 3.05) is 0 Å². The summed E-state index contributed by atoms with van der Waals surface area (Å²) in [5.74, 6) is -1.94. The van der Waals surface area contributed by atoms with Crippen molar-refractivity contribution < 1.29 is 36.4 Å². The topological polar surface area (TPSA) is 101 Å². The summed E-state index contributed by atoms with van der Waals surface area (Å²) in [6, 6.07) is 0. The normalized spacial score (nSPS) is 37.0. The highest BCUT2D eigenvalue weighted by Gasteiger charge is 2.66. The van der Waals surface area contributed by atoms with E-state index in [-0.39, 0.29) is 18.3 Å². The number of rotatable bonds is 6. The van der Waals surface area contributed by atoms with Crippen LogP contribution in [0, 0.1) is 17.3 Å². The molecular weight excluding hydrogens is 370 g/mol. The number of carbonyl (C=O) groups excluding carboxylic acids is 1. The molecule has 4 fully saturated rings. The first-order valence-corrected chi connectivity index (χ1v) is 10.6. The summed E-state index contributed by atoms with van der Waals surface area (Å²) in [6.45, 7) is 3.76. The smallest absolute Gasteiger partial charge is 0.454 e. The molecule has 0 aromatic carbocycles. The van der Waals surface area contributed by atoms with Gasteiger partial charge < -0.3 is 9.84 Å². The van der Waals surface area contributed by atoms with Crippen LogP contribution in [0.3, 0.4) is 0 Å². The van der Waals surface area contributed by atoms with Crippen molar-refractivity contribution in [3.63, 3.8) is 0 Å². The molecule has 9 heteroatoms. The highest BCUT2D eigenvalue weighted by atomic mass is 32.2. The molecular formula is C17H26F2O6S. The molecule has 4 saturated carbocycles. The molecule has 0 aromatic rings. The summed E-state index contributed by atoms with van der Waals surface area (Å²) in [6.07, 6.45) is 4.47. The number of carbonyl (C=O) groups is 1. The minimum absolute atomic E-state index is 0.146. The van der Waals surface area contributed by atoms with Crippen LogP contribution >= 0.6 is 0 Å². The Morgan fingerprint density at radius 3 is 2.08 bits per heavy atom. The molecule has 6 nitrogen and oxygen atoms in total. The fraction of sp³-hybridized carbons (Fsp3) is 0.941. The molecule has 4 aliphatic rings. The van der Waals surface area contributed by atoms with E-state index in [2.05, 4.69) is 0 Å². The Bertz CT molecular complexity index is 686. The molecule has 0 heterocycles. The first-order valence-electron chi connectivity index (χ1n) is 9.13. The van der Waals surface area contributed by atoms with Crippen molar-refractivity contribution in [2.45, 2.75) is 81.7 Å². The zero-order valence-electron chi connectivity index (χ0n) is 15.0. The Labute approximate surface area is 152 Å². The molecule has 150 valence electrons. The van der Waals surface area contributed by atoms with Gasteiger partial charge in [-0.25, -0.2) is 4.79 Å². The molecule has 0 saturated heterocycles. The molecule has 0 radical (unpaired) electrons. The maximum Gasteiger partial charge on any atom is 0.465 e. The predicted molar refractivity (Wildman–Crippen MR) is 88.0 cm³/mol. The third kappa shape index (κ3) is 2.77. The summed E-state index contributed by atoms with van der Waals surface area (Å²) in [5, 5.41) is 6.22. The standard InChI is InChI=1S/C17H26F2O6S/c1-3-16(21,4-2)14-6-11-5-12(7-14)9-15(8-11,10-14)25-13(20)17(18,19)26(22,23)24/h11-12,21H,3-10H2,1-2H3,(H,22,23,24). The minimum atomic E-state index is -5.90. The second-order valence-electron chi connectivity index (χ2n) is 8.54. The zero-order chi connectivity index (χ0) is 19.6. The highest BCUT2D eigenvalue weighted by Crippen LogP contribution is 2.67. The number of esters is 1. The first kappa shape index (κ1) is 19.9. The third-order valence-electron chi connectivity index (χ3n) is 7.04. The lowest BCUT2D eigenvalue weighted by molar-refractivity contribution is -0.248. The van der Waals surface area contributed by atoms with Crippen molar-refractivity contribution in [1.82, 2.24) is 0 Å². The summed E-state index contributed by atoms with van der Waals surface area (Å²) in [4.78, 5) is 11.9. The van der Waals surface area contributed by atoms with E-state index < -0.39 is 38.0 Å². The largest absolute Gasteiger partial charge is 0.465 e. The molecule has 0 amide bonds. The SMILES string of the molecule is CCC(O)(CC)C12CC3CC(CC(OC(=O)C(F)(F)S(=O)(=O)O)(C3)C1)C2. The Balaban J connectivity index is 1.93. The summed E-state index contributed by atoms with van der Waals surface area (Å²) in [7, 11) is -5.90. The molecule has 2 atom stereocenters. The Kier molecular flexibility index (Phi) is 4.49. The van der Waals surface area contributed by atoms with Crippen molar-refractivity contribution >= 4 is 16.1 Å². The second kappa shape index (κ2) is 5.85. The van der Waals surface area contributed by atoms with Crippen molar-refractivity contribution in [3.8, 4) is 0 Å². The second-order valence-corrected chi connectivity index (χ2v) is 10.0. The van der Waals surface area contributed by atoms with Crippen molar-refractivity contribution in [2.24, 2.45) is 17.3 Å². The number of hydrogen-bond donors (Lipinski definition) is 2. The van der Waals surface area contributed by atoms with Crippen LogP contribution < -0.4 is 0 Å². The van der Waals surface area contributed by atoms with E-state index in [1.807, 2.05) is 13.8 Å². The Hall–Kier alpha value is -0.800. The lowest BCUT2D eigenvalue weighted by Gasteiger charge is -2.65. The number of hydrogen-bond acceptors (Lipinski definition) is 5. The molecule has 2 unspecified atom stereocenters. The van der Waals surface area contributed by atoms with Crippen LogP contribution in [0.5, 0.6) is 0 Å². The number of halogens is 2. The van der Waals surface area contributed by atoms with Gasteiger partial charge in [0.1, 0.15) is 5.60 Å². The highest BCUT2D eigenvalue weighted by molar-refractivity contribution is 7.87. The molecule has 26 heavy (non-hydrogen) atoms. The molecule has 4 rings (SSSR count). The van der Waals surface area contributed by atoms with Crippen molar-refractivity contribution in [1.29, 1.82) is 0 Å². The van der Waals surface area contributed by atoms with Gasteiger partial charge in [0.2, 0.25) is 0 Å². The van der Waals surface area contributed by atoms with Crippen LogP contribution in [-0.2, 0) is 19.6 Å². The summed E-state index contributed by atoms with van der Waals surface area (Å²) < 4.78 is 62.9. The van der Waals surface area contributed by atoms with Gasteiger partial charge in [0.25, 0.3) is 0 Å². The zero-order valence-corrected chi connectivity index (χ0v) is 15.8. The number of aliphatic hydroxyl groups is 1. The minimum Gasteiger partial charge on any atom is -0.454 e. The molecule has 4 aliphatic carbocycles. The van der Waals surface area contributed by atoms with E-state index in [4.69, 9.17) is 9.29 Å². The average molecular weight is 396 g/mol. The van der Waals surface area contributed by atoms with E-state index in [9.17, 15) is 27.1 Å². The lowest BCUT2D eigenvalue weighted by atomic mass is 9.43. The third-order valence-corrected chi connectivity index (χ3v) is 7.85. The monoisotopic (exact) mass is 396 g/mol. The summed E-state index contributed by atoms with van der Waals surface area (Å²) >= 11 is 0. The van der Waals surface area contributed by atoms with Gasteiger partial charge >= 0.3 is 21.3 Å². The van der Waals surface area contributed by atoms with E-state index in [0.717, 1.165) is 19.3 Å². The predicted octanol–water partition coefficient (Wildman–Crippen LogP) is 2.90. The molecule has 2 N–H and O–H groups in total. The summed E-state index contributed by atoms with van der Waals surface area (Å²) in [5.41, 5.74) is -2.70. The number of ether oxygens (including phenoxy) is 1. The van der Waals surface area contributed by atoms with Gasteiger partial charge in [0.15, 0.2) is 0 Å². The van der Waals surface area contributed by atoms with Gasteiger partial charge in [-0.05, 0) is 63.2 Å². The van der Waals surface area contributed by atoms with Gasteiger partial charge in [-0.3, -0.25) is 4.55 Å². The van der Waals surface area contributed by atoms with Gasteiger partial charge in [0.05, 0.1) is 5.60 Å². The Morgan fingerprint density at radius 1 is 1.15 bits per heavy atom. The average Bonchev–Trinajstić information content (AvgIpc) is 2.51. The van der Waals surface area contributed by atoms with E-state index in [1.54, 1.807) is 0 Å². The maximum atomic E-state index is 13.7. The first-order chi connectivity index (χ1) is 11.8. The van der Waals surface area contributed by atoms with Gasteiger partial charge in [0, 0.05) is 5.41 Å². The van der Waals surface area contributed by atoms with Crippen LogP contribution in [0.15, 0.2) is 0 Å². The molecule has 0 aliphatic heterocycles. The van der Waals surface area contributed by atoms with Crippen LogP contribution in [0.25, 0.3) is 0 Å². The van der Waals surface area contributed by atoms with E-state index in [1.165, 1.54) is 0 Å². The van der Waals surface area contributed by atoms with Crippen LogP contribution in [0.1, 0.15) is 65.2 Å². The van der Waals surface area contributed by atoms with E-state index >= 15 is 0 Å². The quantitative estimate of drug-likeness (QED) is 0.529. The van der Waals surface area contributed by atoms with Gasteiger partial charge in [-0.1, -0.05) is 13.8 Å². The fourth-order valence-corrected chi connectivity index (χ4v) is 6.46.